The quantitative estimate of drug-likeness (QED) is 0.241. The molecule has 2 aromatic carbocycles. The summed E-state index contributed by atoms with van der Waals surface area (Å²) in [5.41, 5.74) is 7.38. The largest absolute Gasteiger partial charge is 0.383 e. The molecule has 5 aromatic rings. The lowest BCUT2D eigenvalue weighted by Crippen LogP contribution is -2.20. The molecule has 3 aromatic heterocycles. The van der Waals surface area contributed by atoms with Gasteiger partial charge in [0.05, 0.1) is 55.8 Å². The number of pyridine rings is 1. The van der Waals surface area contributed by atoms with Gasteiger partial charge >= 0.3 is 0 Å². The lowest BCUT2D eigenvalue weighted by Gasteiger charge is -2.22. The molecule has 0 bridgehead atoms. The summed E-state index contributed by atoms with van der Waals surface area (Å²) in [7, 11) is 0. The molecule has 1 fully saturated rings. The summed E-state index contributed by atoms with van der Waals surface area (Å²) < 4.78 is 3.03. The van der Waals surface area contributed by atoms with Gasteiger partial charge in [-0.3, -0.25) is 4.98 Å². The molecule has 40 heavy (non-hydrogen) atoms. The smallest absolute Gasteiger partial charge is 0.110 e. The van der Waals surface area contributed by atoms with Crippen LogP contribution in [-0.4, -0.2) is 31.5 Å². The van der Waals surface area contributed by atoms with Gasteiger partial charge in [-0.2, -0.15) is 10.5 Å². The monoisotopic (exact) mass is 547 g/mol. The SMILES string of the molecule is CC(C)(C)CNc1c(C#N)cnc2c(C#N)cc(N[C@H](c3cn(C4(C)CC4)nn3)c3cccc4ncsc34)cc12. The van der Waals surface area contributed by atoms with Crippen molar-refractivity contribution in [1.29, 1.82) is 10.5 Å². The van der Waals surface area contributed by atoms with Crippen LogP contribution in [0.3, 0.4) is 0 Å². The van der Waals surface area contributed by atoms with E-state index in [1.54, 1.807) is 17.4 Å². The maximum absolute atomic E-state index is 10.1. The van der Waals surface area contributed by atoms with Crippen molar-refractivity contribution >= 4 is 43.8 Å². The number of hydrogen-bond donors (Lipinski definition) is 2. The highest BCUT2D eigenvalue weighted by Gasteiger charge is 2.41. The lowest BCUT2D eigenvalue weighted by atomic mass is 9.96. The fourth-order valence-electron chi connectivity index (χ4n) is 4.80. The second-order valence-corrected chi connectivity index (χ2v) is 12.7. The van der Waals surface area contributed by atoms with E-state index in [4.69, 9.17) is 0 Å². The molecule has 1 saturated carbocycles. The van der Waals surface area contributed by atoms with Gasteiger partial charge in [0.1, 0.15) is 17.8 Å². The Bertz CT molecular complexity index is 1830. The molecule has 2 N–H and O–H groups in total. The molecular weight excluding hydrogens is 518 g/mol. The molecule has 0 saturated heterocycles. The number of fused-ring (bicyclic) bond motifs is 2. The van der Waals surface area contributed by atoms with Gasteiger partial charge in [-0.25, -0.2) is 9.67 Å². The maximum Gasteiger partial charge on any atom is 0.110 e. The van der Waals surface area contributed by atoms with Gasteiger partial charge in [-0.1, -0.05) is 38.1 Å². The summed E-state index contributed by atoms with van der Waals surface area (Å²) in [6.07, 6.45) is 5.70. The Kier molecular flexibility index (Phi) is 6.16. The summed E-state index contributed by atoms with van der Waals surface area (Å²) in [6, 6.07) is 14.1. The summed E-state index contributed by atoms with van der Waals surface area (Å²) in [5.74, 6) is 0. The molecular formula is C30H29N9S. The first-order valence-corrected chi connectivity index (χ1v) is 14.1. The van der Waals surface area contributed by atoms with E-state index in [1.807, 2.05) is 34.6 Å². The van der Waals surface area contributed by atoms with Gasteiger partial charge in [0, 0.05) is 23.8 Å². The van der Waals surface area contributed by atoms with E-state index in [1.165, 1.54) is 6.20 Å². The van der Waals surface area contributed by atoms with Crippen molar-refractivity contribution in [2.24, 2.45) is 5.41 Å². The third kappa shape index (κ3) is 4.72. The van der Waals surface area contributed by atoms with Crippen LogP contribution in [0.1, 0.15) is 69.0 Å². The van der Waals surface area contributed by atoms with Gasteiger partial charge < -0.3 is 10.6 Å². The van der Waals surface area contributed by atoms with Crippen LogP contribution in [0.15, 0.2) is 48.2 Å². The first-order valence-electron chi connectivity index (χ1n) is 13.2. The Morgan fingerprint density at radius 3 is 2.65 bits per heavy atom. The standard InChI is InChI=1S/C30H29N9S/c1-29(2,3)16-34-26-19(13-32)14-33-25-18(12-31)10-20(11-22(25)26)36-27(21-6-5-7-23-28(21)40-17-35-23)24-15-39(38-37-24)30(4)8-9-30/h5-7,10-11,14-15,17,27,36H,8-9,16H2,1-4H3,(H,33,34)/t27-/m0/s1. The molecule has 200 valence electrons. The van der Waals surface area contributed by atoms with Crippen LogP contribution >= 0.6 is 11.3 Å². The van der Waals surface area contributed by atoms with E-state index in [0.717, 1.165) is 40.0 Å². The van der Waals surface area contributed by atoms with Crippen LogP contribution in [-0.2, 0) is 5.54 Å². The summed E-state index contributed by atoms with van der Waals surface area (Å²) in [4.78, 5) is 9.01. The van der Waals surface area contributed by atoms with E-state index < -0.39 is 0 Å². The molecule has 0 radical (unpaired) electrons. The molecule has 6 rings (SSSR count). The average Bonchev–Trinajstić information content (AvgIpc) is 3.32. The predicted octanol–water partition coefficient (Wildman–Crippen LogP) is 6.35. The number of nitrogens with one attached hydrogen (secondary N) is 2. The van der Waals surface area contributed by atoms with Crippen LogP contribution in [0.5, 0.6) is 0 Å². The van der Waals surface area contributed by atoms with Crippen molar-refractivity contribution in [2.75, 3.05) is 17.2 Å². The van der Waals surface area contributed by atoms with Crippen LogP contribution < -0.4 is 10.6 Å². The highest BCUT2D eigenvalue weighted by molar-refractivity contribution is 7.17. The van der Waals surface area contributed by atoms with Gasteiger partial charge in [0.2, 0.25) is 0 Å². The molecule has 1 aliphatic carbocycles. The second kappa shape index (κ2) is 9.58. The van der Waals surface area contributed by atoms with E-state index in [0.29, 0.717) is 34.3 Å². The minimum atomic E-state index is -0.345. The van der Waals surface area contributed by atoms with E-state index >= 15 is 0 Å². The van der Waals surface area contributed by atoms with E-state index in [-0.39, 0.29) is 17.0 Å². The number of nitrogens with zero attached hydrogens (tertiary/aromatic N) is 7. The highest BCUT2D eigenvalue weighted by atomic mass is 32.1. The third-order valence-electron chi connectivity index (χ3n) is 7.35. The van der Waals surface area contributed by atoms with Crippen molar-refractivity contribution in [3.05, 3.63) is 70.6 Å². The number of anilines is 2. The lowest BCUT2D eigenvalue weighted by molar-refractivity contribution is 0.443. The Morgan fingerprint density at radius 1 is 1.12 bits per heavy atom. The molecule has 0 unspecified atom stereocenters. The Labute approximate surface area is 236 Å². The first-order chi connectivity index (χ1) is 19.2. The topological polar surface area (TPSA) is 128 Å². The fourth-order valence-corrected chi connectivity index (χ4v) is 5.63. The van der Waals surface area contributed by atoms with Crippen molar-refractivity contribution in [2.45, 2.75) is 52.1 Å². The third-order valence-corrected chi connectivity index (χ3v) is 8.24. The summed E-state index contributed by atoms with van der Waals surface area (Å²) >= 11 is 1.58. The fraction of sp³-hybridized carbons (Fsp3) is 0.333. The normalized spacial score (nSPS) is 14.9. The van der Waals surface area contributed by atoms with Gasteiger partial charge in [0.25, 0.3) is 0 Å². The van der Waals surface area contributed by atoms with Crippen LogP contribution in [0, 0.1) is 28.1 Å². The molecule has 0 aliphatic heterocycles. The Balaban J connectivity index is 1.49. The number of benzene rings is 2. The zero-order valence-corrected chi connectivity index (χ0v) is 23.7. The molecule has 10 heteroatoms. The first kappa shape index (κ1) is 25.7. The number of rotatable bonds is 7. The molecule has 9 nitrogen and oxygen atoms in total. The predicted molar refractivity (Wildman–Crippen MR) is 157 cm³/mol. The molecule has 1 atom stereocenters. The minimum Gasteiger partial charge on any atom is -0.383 e. The molecule has 0 spiro atoms. The second-order valence-electron chi connectivity index (χ2n) is 11.8. The summed E-state index contributed by atoms with van der Waals surface area (Å²) in [5, 5.41) is 36.9. The number of aromatic nitrogens is 5. The van der Waals surface area contributed by atoms with E-state index in [9.17, 15) is 10.5 Å². The van der Waals surface area contributed by atoms with Crippen LogP contribution in [0.4, 0.5) is 11.4 Å². The van der Waals surface area contributed by atoms with E-state index in [2.05, 4.69) is 76.8 Å². The number of nitriles is 2. The van der Waals surface area contributed by atoms with Gasteiger partial charge in [-0.15, -0.1) is 16.4 Å². The Morgan fingerprint density at radius 2 is 1.93 bits per heavy atom. The van der Waals surface area contributed by atoms with Crippen LogP contribution in [0.25, 0.3) is 21.1 Å². The highest BCUT2D eigenvalue weighted by Crippen LogP contribution is 2.43. The van der Waals surface area contributed by atoms with Crippen molar-refractivity contribution in [3.8, 4) is 12.1 Å². The van der Waals surface area contributed by atoms with Crippen molar-refractivity contribution in [1.82, 2.24) is 25.0 Å². The average molecular weight is 548 g/mol. The van der Waals surface area contributed by atoms with Gasteiger partial charge in [0.15, 0.2) is 0 Å². The Hall–Kier alpha value is -4.54. The maximum atomic E-state index is 10.1. The molecule has 3 heterocycles. The molecule has 0 amide bonds. The van der Waals surface area contributed by atoms with Crippen molar-refractivity contribution in [3.63, 3.8) is 0 Å². The summed E-state index contributed by atoms with van der Waals surface area (Å²) in [6.45, 7) is 9.22. The zero-order valence-electron chi connectivity index (χ0n) is 22.9. The number of hydrogen-bond acceptors (Lipinski definition) is 9. The van der Waals surface area contributed by atoms with Crippen molar-refractivity contribution < 1.29 is 0 Å². The minimum absolute atomic E-state index is 0.0101. The number of thiazole rings is 1. The molecule has 1 aliphatic rings. The van der Waals surface area contributed by atoms with Crippen LogP contribution in [0.2, 0.25) is 0 Å². The van der Waals surface area contributed by atoms with Gasteiger partial charge in [-0.05, 0) is 48.9 Å². The zero-order chi connectivity index (χ0) is 28.1.